The molecule has 3 aromatic carbocycles. The Kier molecular flexibility index (Phi) is 6.22. The number of nitrogens with zero attached hydrogens (tertiary/aromatic N) is 4. The summed E-state index contributed by atoms with van der Waals surface area (Å²) in [6.07, 6.45) is 1.58. The third-order valence-corrected chi connectivity index (χ3v) is 6.34. The number of aromatic nitrogens is 5. The Morgan fingerprint density at radius 2 is 1.44 bits per heavy atom. The summed E-state index contributed by atoms with van der Waals surface area (Å²) >= 11 is 0. The second kappa shape index (κ2) is 10.1. The van der Waals surface area contributed by atoms with Crippen LogP contribution in [0.25, 0.3) is 39.2 Å². The Morgan fingerprint density at radius 1 is 0.769 bits per heavy atom. The van der Waals surface area contributed by atoms with Crippen LogP contribution in [0.3, 0.4) is 0 Å². The lowest BCUT2D eigenvalue weighted by atomic mass is 10.0. The molecule has 6 rings (SSSR count). The normalized spacial score (nSPS) is 10.9. The molecule has 0 amide bonds. The highest BCUT2D eigenvalue weighted by Gasteiger charge is 2.23. The van der Waals surface area contributed by atoms with Crippen LogP contribution in [0.15, 0.2) is 102 Å². The molecule has 9 heteroatoms. The van der Waals surface area contributed by atoms with Gasteiger partial charge >= 0.3 is 6.01 Å². The van der Waals surface area contributed by atoms with Crippen molar-refractivity contribution in [1.29, 1.82) is 0 Å². The Morgan fingerprint density at radius 3 is 2.10 bits per heavy atom. The molecule has 0 saturated carbocycles. The summed E-state index contributed by atoms with van der Waals surface area (Å²) in [5.74, 6) is 1.60. The molecule has 3 heterocycles. The zero-order valence-electron chi connectivity index (χ0n) is 21.3. The highest BCUT2D eigenvalue weighted by Crippen LogP contribution is 2.36. The molecule has 2 N–H and O–H groups in total. The summed E-state index contributed by atoms with van der Waals surface area (Å²) in [5.41, 5.74) is 4.65. The van der Waals surface area contributed by atoms with Gasteiger partial charge in [0.1, 0.15) is 28.7 Å². The predicted molar refractivity (Wildman–Crippen MR) is 151 cm³/mol. The number of hydrogen-bond acceptors (Lipinski definition) is 7. The molecule has 6 aromatic rings. The summed E-state index contributed by atoms with van der Waals surface area (Å²) in [6.45, 7) is 0. The summed E-state index contributed by atoms with van der Waals surface area (Å²) in [6, 6.07) is 28.9. The minimum atomic E-state index is -0.295. The molecule has 0 atom stereocenters. The van der Waals surface area contributed by atoms with Gasteiger partial charge in [-0.25, -0.2) is 4.98 Å². The van der Waals surface area contributed by atoms with Crippen LogP contribution in [0.1, 0.15) is 0 Å². The van der Waals surface area contributed by atoms with Crippen molar-refractivity contribution in [2.45, 2.75) is 0 Å². The van der Waals surface area contributed by atoms with E-state index in [1.165, 1.54) is 11.6 Å². The van der Waals surface area contributed by atoms with E-state index in [1.54, 1.807) is 19.4 Å². The van der Waals surface area contributed by atoms with Gasteiger partial charge in [-0.3, -0.25) is 4.79 Å². The van der Waals surface area contributed by atoms with Crippen LogP contribution in [0.2, 0.25) is 0 Å². The molecule has 0 unspecified atom stereocenters. The fraction of sp³-hybridized carbons (Fsp3) is 0.0667. The number of H-pyrrole nitrogens is 1. The Balaban J connectivity index is 1.66. The lowest BCUT2D eigenvalue weighted by Crippen LogP contribution is -2.20. The molecule has 0 radical (unpaired) electrons. The average molecular weight is 517 g/mol. The van der Waals surface area contributed by atoms with Crippen LogP contribution in [0, 0.1) is 0 Å². The molecule has 0 fully saturated rings. The molecule has 192 valence electrons. The number of benzene rings is 3. The molecule has 0 aliphatic rings. The fourth-order valence-electron chi connectivity index (χ4n) is 4.51. The number of nitrogens with one attached hydrogen (secondary N) is 2. The Bertz CT molecular complexity index is 1810. The minimum Gasteiger partial charge on any atom is -0.497 e. The Hall–Kier alpha value is -5.44. The summed E-state index contributed by atoms with van der Waals surface area (Å²) in [5, 5.41) is 8.11. The van der Waals surface area contributed by atoms with Crippen molar-refractivity contribution in [3.05, 3.63) is 108 Å². The van der Waals surface area contributed by atoms with E-state index in [2.05, 4.69) is 20.3 Å². The molecule has 0 aliphatic carbocycles. The highest BCUT2D eigenvalue weighted by atomic mass is 16.5. The summed E-state index contributed by atoms with van der Waals surface area (Å²) in [7, 11) is 3.10. The van der Waals surface area contributed by atoms with Crippen molar-refractivity contribution < 1.29 is 9.47 Å². The molecule has 9 nitrogen and oxygen atoms in total. The lowest BCUT2D eigenvalue weighted by Gasteiger charge is -2.13. The van der Waals surface area contributed by atoms with E-state index in [9.17, 15) is 4.79 Å². The third kappa shape index (κ3) is 4.46. The first-order chi connectivity index (χ1) is 19.2. The van der Waals surface area contributed by atoms with Crippen molar-refractivity contribution >= 4 is 17.3 Å². The summed E-state index contributed by atoms with van der Waals surface area (Å²) in [4.78, 5) is 26.1. The minimum absolute atomic E-state index is 0.204. The predicted octanol–water partition coefficient (Wildman–Crippen LogP) is 5.57. The largest absolute Gasteiger partial charge is 0.497 e. The van der Waals surface area contributed by atoms with Gasteiger partial charge in [0, 0.05) is 11.8 Å². The Labute approximate surface area is 223 Å². The number of aromatic amines is 1. The molecule has 0 saturated heterocycles. The maximum Gasteiger partial charge on any atom is 0.318 e. The van der Waals surface area contributed by atoms with E-state index >= 15 is 0 Å². The second-order valence-corrected chi connectivity index (χ2v) is 8.68. The number of methoxy groups -OCH3 is 2. The average Bonchev–Trinajstić information content (AvgIpc) is 3.38. The van der Waals surface area contributed by atoms with E-state index in [1.807, 2.05) is 84.9 Å². The van der Waals surface area contributed by atoms with Crippen molar-refractivity contribution in [3.8, 4) is 45.3 Å². The third-order valence-electron chi connectivity index (χ3n) is 6.34. The van der Waals surface area contributed by atoms with Gasteiger partial charge in [0.05, 0.1) is 25.3 Å². The first kappa shape index (κ1) is 23.9. The van der Waals surface area contributed by atoms with Crippen molar-refractivity contribution in [2.24, 2.45) is 0 Å². The summed E-state index contributed by atoms with van der Waals surface area (Å²) < 4.78 is 11.9. The van der Waals surface area contributed by atoms with Crippen LogP contribution >= 0.6 is 0 Å². The van der Waals surface area contributed by atoms with Crippen LogP contribution in [-0.4, -0.2) is 38.8 Å². The van der Waals surface area contributed by atoms with Gasteiger partial charge in [0.15, 0.2) is 0 Å². The van der Waals surface area contributed by atoms with Gasteiger partial charge in [0.2, 0.25) is 0 Å². The monoisotopic (exact) mass is 516 g/mol. The van der Waals surface area contributed by atoms with E-state index in [-0.39, 0.29) is 11.6 Å². The van der Waals surface area contributed by atoms with Gasteiger partial charge in [-0.1, -0.05) is 72.8 Å². The van der Waals surface area contributed by atoms with E-state index < -0.39 is 0 Å². The zero-order chi connectivity index (χ0) is 26.8. The van der Waals surface area contributed by atoms with Crippen molar-refractivity contribution in [3.63, 3.8) is 0 Å². The second-order valence-electron chi connectivity index (χ2n) is 8.68. The molecule has 3 aromatic heterocycles. The SMILES string of the molecule is COc1ccc(-c2c(Nc3ccnc(OC)n3)[nH]c3c(-c4ccccc4)c(-c4ccccc4)nn3c2=O)cc1. The molecule has 0 aliphatic heterocycles. The number of ether oxygens (including phenoxy) is 2. The van der Waals surface area contributed by atoms with Gasteiger partial charge in [-0.15, -0.1) is 0 Å². The number of hydrogen-bond donors (Lipinski definition) is 2. The van der Waals surface area contributed by atoms with Gasteiger partial charge < -0.3 is 19.8 Å². The molecule has 39 heavy (non-hydrogen) atoms. The van der Waals surface area contributed by atoms with Gasteiger partial charge in [0.25, 0.3) is 5.56 Å². The van der Waals surface area contributed by atoms with E-state index in [0.717, 1.165) is 16.7 Å². The van der Waals surface area contributed by atoms with Crippen LogP contribution in [0.5, 0.6) is 11.8 Å². The topological polar surface area (TPSA) is 106 Å². The molecule has 0 spiro atoms. The van der Waals surface area contributed by atoms with Crippen LogP contribution in [-0.2, 0) is 0 Å². The first-order valence-corrected chi connectivity index (χ1v) is 12.2. The maximum atomic E-state index is 14.2. The van der Waals surface area contributed by atoms with Gasteiger partial charge in [-0.2, -0.15) is 14.6 Å². The molecular weight excluding hydrogens is 492 g/mol. The zero-order valence-corrected chi connectivity index (χ0v) is 21.3. The highest BCUT2D eigenvalue weighted by molar-refractivity contribution is 5.92. The van der Waals surface area contributed by atoms with Crippen LogP contribution in [0.4, 0.5) is 11.6 Å². The van der Waals surface area contributed by atoms with Gasteiger partial charge in [-0.05, 0) is 29.3 Å². The quantitative estimate of drug-likeness (QED) is 0.286. The maximum absolute atomic E-state index is 14.2. The number of fused-ring (bicyclic) bond motifs is 1. The van der Waals surface area contributed by atoms with E-state index in [0.29, 0.717) is 39.9 Å². The first-order valence-electron chi connectivity index (χ1n) is 12.2. The standard InChI is InChI=1S/C30H24N6O3/c1-38-22-15-13-20(14-16-22)25-27(32-23-17-18-31-30(33-23)39-2)34-28-24(19-9-5-3-6-10-19)26(35-36(28)29(25)37)21-11-7-4-8-12-21/h3-18,34H,1-2H3,(H,31,32,33). The molecular formula is C30H24N6O3. The van der Waals surface area contributed by atoms with Crippen molar-refractivity contribution in [2.75, 3.05) is 19.5 Å². The number of rotatable bonds is 7. The lowest BCUT2D eigenvalue weighted by molar-refractivity contribution is 0.380. The fourth-order valence-corrected chi connectivity index (χ4v) is 4.51. The van der Waals surface area contributed by atoms with Crippen LogP contribution < -0.4 is 20.3 Å². The smallest absolute Gasteiger partial charge is 0.318 e. The van der Waals surface area contributed by atoms with Crippen molar-refractivity contribution in [1.82, 2.24) is 24.6 Å². The molecule has 0 bridgehead atoms. The van der Waals surface area contributed by atoms with E-state index in [4.69, 9.17) is 14.6 Å². The number of anilines is 2.